The highest BCUT2D eigenvalue weighted by Crippen LogP contribution is 2.29. The fourth-order valence-electron chi connectivity index (χ4n) is 1.61. The molecule has 5 nitrogen and oxygen atoms in total. The van der Waals surface area contributed by atoms with E-state index in [0.717, 1.165) is 0 Å². The number of carbonyl (C=O) groups is 1. The lowest BCUT2D eigenvalue weighted by Gasteiger charge is -2.14. The fourth-order valence-corrected chi connectivity index (χ4v) is 1.95. The normalized spacial score (nSPS) is 10.7. The van der Waals surface area contributed by atoms with Crippen LogP contribution in [0.15, 0.2) is 34.8 Å². The quantitative estimate of drug-likeness (QED) is 0.720. The van der Waals surface area contributed by atoms with Gasteiger partial charge in [0, 0.05) is 23.0 Å². The lowest BCUT2D eigenvalue weighted by Crippen LogP contribution is -2.20. The third-order valence-electron chi connectivity index (χ3n) is 2.55. The third-order valence-corrected chi connectivity index (χ3v) is 3.27. The number of halogens is 3. The van der Waals surface area contributed by atoms with Gasteiger partial charge in [-0.25, -0.2) is 0 Å². The molecule has 0 N–H and O–H groups in total. The zero-order valence-corrected chi connectivity index (χ0v) is 13.3. The second-order valence-electron chi connectivity index (χ2n) is 4.43. The van der Waals surface area contributed by atoms with Crippen molar-refractivity contribution in [1.29, 1.82) is 5.26 Å². The van der Waals surface area contributed by atoms with E-state index in [2.05, 4.69) is 25.7 Å². The van der Waals surface area contributed by atoms with Crippen LogP contribution in [0.1, 0.15) is 22.8 Å². The van der Waals surface area contributed by atoms with Gasteiger partial charge in [-0.3, -0.25) is 4.79 Å². The molecule has 0 saturated heterocycles. The molecular formula is C15H9BrF2N2O3. The molecule has 0 aliphatic carbocycles. The first kappa shape index (κ1) is 16.8. The second-order valence-corrected chi connectivity index (χ2v) is 5.28. The van der Waals surface area contributed by atoms with Crippen LogP contribution in [0, 0.1) is 11.3 Å². The number of hydrogen-bond donors (Lipinski definition) is 0. The molecule has 0 saturated carbocycles. The lowest BCUT2D eigenvalue weighted by atomic mass is 10.2. The van der Waals surface area contributed by atoms with Crippen molar-refractivity contribution in [2.75, 3.05) is 0 Å². The van der Waals surface area contributed by atoms with E-state index < -0.39 is 12.0 Å². The Morgan fingerprint density at radius 3 is 2.70 bits per heavy atom. The number of aldehydes is 1. The first-order chi connectivity index (χ1) is 10.8. The predicted molar refractivity (Wildman–Crippen MR) is 79.8 cm³/mol. The number of rotatable bonds is 5. The monoisotopic (exact) mass is 382 g/mol. The summed E-state index contributed by atoms with van der Waals surface area (Å²) in [6, 6.07) is 8.90. The van der Waals surface area contributed by atoms with Gasteiger partial charge in [0.15, 0.2) is 6.29 Å². The zero-order chi connectivity index (χ0) is 17.0. The minimum Gasteiger partial charge on any atom is -0.439 e. The molecule has 8 heteroatoms. The maximum absolute atomic E-state index is 13.0. The van der Waals surface area contributed by atoms with Crippen molar-refractivity contribution < 1.29 is 23.0 Å². The maximum Gasteiger partial charge on any atom is 0.396 e. The average Bonchev–Trinajstić information content (AvgIpc) is 2.48. The Bertz CT molecular complexity index is 785. The van der Waals surface area contributed by atoms with E-state index in [1.165, 1.54) is 18.2 Å². The number of carbonyl (C=O) groups excluding carboxylic acids is 1. The van der Waals surface area contributed by atoms with Gasteiger partial charge in [0.1, 0.15) is 17.4 Å². The van der Waals surface area contributed by atoms with Crippen molar-refractivity contribution in [3.8, 4) is 23.6 Å². The van der Waals surface area contributed by atoms with Gasteiger partial charge in [-0.2, -0.15) is 19.0 Å². The van der Waals surface area contributed by atoms with Crippen molar-refractivity contribution in [1.82, 2.24) is 4.98 Å². The van der Waals surface area contributed by atoms with Gasteiger partial charge in [-0.1, -0.05) is 15.9 Å². The van der Waals surface area contributed by atoms with Crippen molar-refractivity contribution in [2.24, 2.45) is 0 Å². The minimum atomic E-state index is -3.49. The highest BCUT2D eigenvalue weighted by molar-refractivity contribution is 9.10. The van der Waals surface area contributed by atoms with E-state index in [0.29, 0.717) is 23.2 Å². The molecule has 2 aromatic rings. The lowest BCUT2D eigenvalue weighted by molar-refractivity contribution is -0.161. The van der Waals surface area contributed by atoms with E-state index >= 15 is 0 Å². The van der Waals surface area contributed by atoms with Crippen LogP contribution in [0.5, 0.6) is 17.5 Å². The first-order valence-corrected chi connectivity index (χ1v) is 7.02. The minimum absolute atomic E-state index is 0.0533. The molecule has 0 radical (unpaired) electrons. The molecule has 1 heterocycles. The zero-order valence-electron chi connectivity index (χ0n) is 11.7. The third kappa shape index (κ3) is 4.47. The second kappa shape index (κ2) is 6.71. The van der Waals surface area contributed by atoms with E-state index in [-0.39, 0.29) is 17.2 Å². The van der Waals surface area contributed by atoms with Gasteiger partial charge in [0.25, 0.3) is 0 Å². The first-order valence-electron chi connectivity index (χ1n) is 6.23. The molecule has 0 atom stereocenters. The van der Waals surface area contributed by atoms with Crippen LogP contribution in [-0.4, -0.2) is 17.4 Å². The van der Waals surface area contributed by atoms with Crippen molar-refractivity contribution >= 4 is 22.2 Å². The van der Waals surface area contributed by atoms with Crippen molar-refractivity contribution in [2.45, 2.75) is 13.0 Å². The van der Waals surface area contributed by atoms with Crippen LogP contribution < -0.4 is 9.47 Å². The molecule has 2 rings (SSSR count). The molecule has 1 aromatic carbocycles. The Balaban J connectivity index is 2.32. The molecule has 0 fully saturated rings. The van der Waals surface area contributed by atoms with Gasteiger partial charge in [0.2, 0.25) is 11.8 Å². The number of aromatic nitrogens is 1. The predicted octanol–water partition coefficient (Wildman–Crippen LogP) is 4.31. The Kier molecular flexibility index (Phi) is 4.91. The largest absolute Gasteiger partial charge is 0.439 e. The van der Waals surface area contributed by atoms with Crippen molar-refractivity contribution in [3.63, 3.8) is 0 Å². The SMILES string of the molecule is CC(F)(F)Oc1nc(Oc2ccc(Br)c(C=O)c2)ccc1C#N. The van der Waals surface area contributed by atoms with Crippen LogP contribution in [-0.2, 0) is 0 Å². The number of nitriles is 1. The summed E-state index contributed by atoms with van der Waals surface area (Å²) in [5.41, 5.74) is 0.205. The molecule has 0 unspecified atom stereocenters. The average molecular weight is 383 g/mol. The van der Waals surface area contributed by atoms with Crippen LogP contribution in [0.4, 0.5) is 8.78 Å². The van der Waals surface area contributed by atoms with E-state index in [1.807, 2.05) is 0 Å². The number of benzene rings is 1. The van der Waals surface area contributed by atoms with E-state index in [1.54, 1.807) is 18.2 Å². The summed E-state index contributed by atoms with van der Waals surface area (Å²) < 4.78 is 36.3. The number of pyridine rings is 1. The van der Waals surface area contributed by atoms with Gasteiger partial charge in [0.05, 0.1) is 0 Å². The summed E-state index contributed by atoms with van der Waals surface area (Å²) in [6.07, 6.45) is -2.85. The fraction of sp³-hybridized carbons (Fsp3) is 0.133. The Hall–Kier alpha value is -2.53. The molecule has 0 amide bonds. The molecule has 0 spiro atoms. The summed E-state index contributed by atoms with van der Waals surface area (Å²) in [6.45, 7) is 0.536. The maximum atomic E-state index is 13.0. The Morgan fingerprint density at radius 1 is 1.35 bits per heavy atom. The van der Waals surface area contributed by atoms with Gasteiger partial charge >= 0.3 is 6.11 Å². The smallest absolute Gasteiger partial charge is 0.396 e. The van der Waals surface area contributed by atoms with Crippen molar-refractivity contribution in [3.05, 3.63) is 45.9 Å². The van der Waals surface area contributed by atoms with Crippen LogP contribution in [0.25, 0.3) is 0 Å². The molecule has 0 aliphatic rings. The van der Waals surface area contributed by atoms with Crippen LogP contribution in [0.3, 0.4) is 0 Å². The highest BCUT2D eigenvalue weighted by atomic mass is 79.9. The highest BCUT2D eigenvalue weighted by Gasteiger charge is 2.26. The van der Waals surface area contributed by atoms with E-state index in [9.17, 15) is 13.6 Å². The van der Waals surface area contributed by atoms with Gasteiger partial charge < -0.3 is 9.47 Å². The number of ether oxygens (including phenoxy) is 2. The molecule has 23 heavy (non-hydrogen) atoms. The van der Waals surface area contributed by atoms with Gasteiger partial charge in [-0.05, 0) is 24.3 Å². The topological polar surface area (TPSA) is 72.2 Å². The summed E-state index contributed by atoms with van der Waals surface area (Å²) in [5, 5.41) is 8.89. The molecular weight excluding hydrogens is 374 g/mol. The molecule has 118 valence electrons. The Morgan fingerprint density at radius 2 is 2.09 bits per heavy atom. The summed E-state index contributed by atoms with van der Waals surface area (Å²) >= 11 is 3.20. The number of nitrogens with zero attached hydrogens (tertiary/aromatic N) is 2. The van der Waals surface area contributed by atoms with Gasteiger partial charge in [-0.15, -0.1) is 0 Å². The molecule has 0 bridgehead atoms. The molecule has 1 aromatic heterocycles. The molecule has 0 aliphatic heterocycles. The van der Waals surface area contributed by atoms with Crippen LogP contribution >= 0.6 is 15.9 Å². The number of alkyl halides is 2. The van der Waals surface area contributed by atoms with E-state index in [4.69, 9.17) is 10.00 Å². The standard InChI is InChI=1S/C15H9BrF2N2O3/c1-15(17,18)23-14-9(7-19)2-5-13(20-14)22-11-3-4-12(16)10(6-11)8-21/h2-6,8H,1H3. The summed E-state index contributed by atoms with van der Waals surface area (Å²) in [7, 11) is 0. The summed E-state index contributed by atoms with van der Waals surface area (Å²) in [5.74, 6) is -0.311. The Labute approximate surface area is 138 Å². The van der Waals surface area contributed by atoms with Crippen LogP contribution in [0.2, 0.25) is 0 Å². The summed E-state index contributed by atoms with van der Waals surface area (Å²) in [4.78, 5) is 14.6. The number of hydrogen-bond acceptors (Lipinski definition) is 5.